The lowest BCUT2D eigenvalue weighted by Crippen LogP contribution is -2.51. The van der Waals surface area contributed by atoms with Crippen molar-refractivity contribution in [2.75, 3.05) is 7.05 Å². The minimum atomic E-state index is -4.41. The van der Waals surface area contributed by atoms with Crippen molar-refractivity contribution in [2.24, 2.45) is 5.92 Å². The largest absolute Gasteiger partial charge is 0.416 e. The molecular weight excluding hydrogens is 303 g/mol. The smallest absolute Gasteiger partial charge is 0.300 e. The average Bonchev–Trinajstić information content (AvgIpc) is 2.45. The van der Waals surface area contributed by atoms with Gasteiger partial charge >= 0.3 is 6.18 Å². The molecule has 0 radical (unpaired) electrons. The van der Waals surface area contributed by atoms with Crippen LogP contribution in [0.5, 0.6) is 0 Å². The molecule has 2 bridgehead atoms. The van der Waals surface area contributed by atoms with Crippen LogP contribution in [0.2, 0.25) is 0 Å². The van der Waals surface area contributed by atoms with Gasteiger partial charge in [-0.1, -0.05) is 18.6 Å². The Morgan fingerprint density at radius 1 is 1.17 bits per heavy atom. The van der Waals surface area contributed by atoms with Crippen LogP contribution in [-0.4, -0.2) is 29.8 Å². The van der Waals surface area contributed by atoms with Crippen LogP contribution in [0.15, 0.2) is 18.2 Å². The number of hydrogen-bond acceptors (Lipinski definition) is 2. The second-order valence-corrected chi connectivity index (χ2v) is 6.96. The van der Waals surface area contributed by atoms with Gasteiger partial charge in [-0.05, 0) is 51.3 Å². The summed E-state index contributed by atoms with van der Waals surface area (Å²) in [5.74, 6) is -0.272. The molecule has 0 amide bonds. The Bertz CT molecular complexity index is 597. The molecule has 0 aliphatic carbocycles. The summed E-state index contributed by atoms with van der Waals surface area (Å²) in [5, 5.41) is 0. The maximum absolute atomic E-state index is 13.1. The summed E-state index contributed by atoms with van der Waals surface area (Å²) in [5.41, 5.74) is -0.332. The van der Waals surface area contributed by atoms with Gasteiger partial charge < -0.3 is 4.90 Å². The van der Waals surface area contributed by atoms with Gasteiger partial charge in [0.05, 0.1) is 5.56 Å². The van der Waals surface area contributed by atoms with Gasteiger partial charge in [-0.15, -0.1) is 0 Å². The number of alkyl halides is 3. The molecule has 23 heavy (non-hydrogen) atoms. The highest BCUT2D eigenvalue weighted by atomic mass is 19.4. The lowest BCUT2D eigenvalue weighted by atomic mass is 9.76. The summed E-state index contributed by atoms with van der Waals surface area (Å²) in [4.78, 5) is 15.1. The molecule has 2 nitrogen and oxygen atoms in total. The van der Waals surface area contributed by atoms with E-state index in [1.807, 2.05) is 0 Å². The van der Waals surface area contributed by atoms with Crippen molar-refractivity contribution in [3.05, 3.63) is 34.9 Å². The van der Waals surface area contributed by atoms with Crippen LogP contribution < -0.4 is 0 Å². The molecule has 1 aromatic carbocycles. The van der Waals surface area contributed by atoms with Crippen LogP contribution >= 0.6 is 0 Å². The number of carbonyl (C=O) groups excluding carboxylic acids is 1. The first-order chi connectivity index (χ1) is 10.8. The number of hydrogen-bond donors (Lipinski definition) is 0. The Morgan fingerprint density at radius 3 is 2.35 bits per heavy atom. The van der Waals surface area contributed by atoms with Gasteiger partial charge in [0.2, 0.25) is 0 Å². The van der Waals surface area contributed by atoms with E-state index in [-0.39, 0.29) is 22.8 Å². The van der Waals surface area contributed by atoms with Crippen molar-refractivity contribution in [3.63, 3.8) is 0 Å². The molecule has 2 saturated heterocycles. The number of nitrogens with zero attached hydrogens (tertiary/aromatic N) is 1. The summed E-state index contributed by atoms with van der Waals surface area (Å²) in [6.45, 7) is 1.43. The fourth-order valence-corrected chi connectivity index (χ4v) is 4.15. The van der Waals surface area contributed by atoms with E-state index in [1.54, 1.807) is 6.07 Å². The molecule has 2 aliphatic rings. The van der Waals surface area contributed by atoms with Gasteiger partial charge in [0.25, 0.3) is 0 Å². The predicted octanol–water partition coefficient (Wildman–Crippen LogP) is 4.46. The molecule has 2 atom stereocenters. The topological polar surface area (TPSA) is 20.3 Å². The highest BCUT2D eigenvalue weighted by Gasteiger charge is 2.39. The van der Waals surface area contributed by atoms with E-state index in [2.05, 4.69) is 11.9 Å². The third-order valence-corrected chi connectivity index (χ3v) is 5.54. The summed E-state index contributed by atoms with van der Waals surface area (Å²) in [6.07, 6.45) is 0.464. The highest BCUT2D eigenvalue weighted by molar-refractivity contribution is 5.98. The highest BCUT2D eigenvalue weighted by Crippen LogP contribution is 2.38. The van der Waals surface area contributed by atoms with E-state index in [4.69, 9.17) is 0 Å². The summed E-state index contributed by atoms with van der Waals surface area (Å²) < 4.78 is 39.2. The molecule has 0 N–H and O–H groups in total. The van der Waals surface area contributed by atoms with E-state index in [0.717, 1.165) is 31.7 Å². The quantitative estimate of drug-likeness (QED) is 0.748. The van der Waals surface area contributed by atoms with Crippen molar-refractivity contribution in [1.29, 1.82) is 0 Å². The number of piperidine rings is 2. The fourth-order valence-electron chi connectivity index (χ4n) is 4.15. The van der Waals surface area contributed by atoms with Crippen molar-refractivity contribution < 1.29 is 18.0 Å². The predicted molar refractivity (Wildman–Crippen MR) is 82.4 cm³/mol. The lowest BCUT2D eigenvalue weighted by molar-refractivity contribution is -0.138. The average molecular weight is 325 g/mol. The maximum Gasteiger partial charge on any atom is 0.416 e. The molecular formula is C18H22F3NO. The number of benzene rings is 1. The van der Waals surface area contributed by atoms with E-state index in [0.29, 0.717) is 12.1 Å². The van der Waals surface area contributed by atoms with E-state index in [1.165, 1.54) is 19.4 Å². The zero-order valence-electron chi connectivity index (χ0n) is 13.5. The molecule has 2 heterocycles. The number of rotatable bonds is 2. The van der Waals surface area contributed by atoms with Crippen LogP contribution in [0, 0.1) is 12.8 Å². The fraction of sp³-hybridized carbons (Fsp3) is 0.611. The first-order valence-electron chi connectivity index (χ1n) is 8.21. The third kappa shape index (κ3) is 3.16. The van der Waals surface area contributed by atoms with Crippen molar-refractivity contribution >= 4 is 5.78 Å². The standard InChI is InChI=1S/C18H22F3NO/c1-11-6-7-12(10-16(11)18(19,20)21)17(23)13-8-14-4-3-5-15(9-13)22(14)2/h6-7,10,13-15H,3-5,8-9H2,1-2H3. The van der Waals surface area contributed by atoms with Gasteiger partial charge in [0.15, 0.2) is 5.78 Å². The van der Waals surface area contributed by atoms with E-state index in [9.17, 15) is 18.0 Å². The number of halogens is 3. The van der Waals surface area contributed by atoms with Crippen LogP contribution in [0.25, 0.3) is 0 Å². The minimum Gasteiger partial charge on any atom is -0.300 e. The normalized spacial score (nSPS) is 28.7. The molecule has 2 unspecified atom stereocenters. The third-order valence-electron chi connectivity index (χ3n) is 5.54. The molecule has 2 aliphatic heterocycles. The van der Waals surface area contributed by atoms with Crippen LogP contribution in [-0.2, 0) is 6.18 Å². The maximum atomic E-state index is 13.1. The SMILES string of the molecule is Cc1ccc(C(=O)C2CC3CCCC(C2)N3C)cc1C(F)(F)F. The summed E-state index contributed by atoms with van der Waals surface area (Å²) in [7, 11) is 2.10. The van der Waals surface area contributed by atoms with E-state index < -0.39 is 11.7 Å². The van der Waals surface area contributed by atoms with Crippen molar-refractivity contribution in [3.8, 4) is 0 Å². The first kappa shape index (κ1) is 16.5. The second kappa shape index (κ2) is 5.93. The van der Waals surface area contributed by atoms with Crippen molar-refractivity contribution in [1.82, 2.24) is 4.90 Å². The Labute approximate surface area is 134 Å². The van der Waals surface area contributed by atoms with E-state index >= 15 is 0 Å². The number of carbonyl (C=O) groups is 1. The van der Waals surface area contributed by atoms with Gasteiger partial charge in [0.1, 0.15) is 0 Å². The van der Waals surface area contributed by atoms with Gasteiger partial charge in [0, 0.05) is 23.6 Å². The Balaban J connectivity index is 1.84. The number of ketones is 1. The molecule has 2 fully saturated rings. The Morgan fingerprint density at radius 2 is 1.78 bits per heavy atom. The number of fused-ring (bicyclic) bond motifs is 2. The molecule has 126 valence electrons. The Hall–Kier alpha value is -1.36. The van der Waals surface area contributed by atoms with Gasteiger partial charge in [-0.2, -0.15) is 13.2 Å². The molecule has 5 heteroatoms. The second-order valence-electron chi connectivity index (χ2n) is 6.96. The summed E-state index contributed by atoms with van der Waals surface area (Å²) >= 11 is 0. The molecule has 3 rings (SSSR count). The van der Waals surface area contributed by atoms with Crippen LogP contribution in [0.3, 0.4) is 0 Å². The van der Waals surface area contributed by atoms with Crippen molar-refractivity contribution in [2.45, 2.75) is 57.3 Å². The number of Topliss-reactive ketones (excluding diaryl/α,β-unsaturated/α-hetero) is 1. The molecule has 0 aromatic heterocycles. The molecule has 0 spiro atoms. The molecule has 0 saturated carbocycles. The Kier molecular flexibility index (Phi) is 4.25. The monoisotopic (exact) mass is 325 g/mol. The van der Waals surface area contributed by atoms with Crippen LogP contribution in [0.1, 0.15) is 53.6 Å². The van der Waals surface area contributed by atoms with Gasteiger partial charge in [-0.3, -0.25) is 4.79 Å². The van der Waals surface area contributed by atoms with Gasteiger partial charge in [-0.25, -0.2) is 0 Å². The zero-order chi connectivity index (χ0) is 16.8. The summed E-state index contributed by atoms with van der Waals surface area (Å²) in [6, 6.07) is 4.77. The zero-order valence-corrected chi connectivity index (χ0v) is 13.5. The van der Waals surface area contributed by atoms with Crippen LogP contribution in [0.4, 0.5) is 13.2 Å². The molecule has 1 aromatic rings. The first-order valence-corrected chi connectivity index (χ1v) is 8.21. The number of aryl methyl sites for hydroxylation is 1. The lowest BCUT2D eigenvalue weighted by Gasteiger charge is -2.46. The minimum absolute atomic E-state index is 0.125.